The maximum Gasteiger partial charge on any atom is 0.234 e. The normalized spacial score (nSPS) is 9.62. The Hall–Kier alpha value is -1.49. The summed E-state index contributed by atoms with van der Waals surface area (Å²) in [5, 5.41) is 13.0. The van der Waals surface area contributed by atoms with Gasteiger partial charge in [-0.25, -0.2) is 0 Å². The number of aromatic nitrogens is 2. The van der Waals surface area contributed by atoms with Crippen LogP contribution in [0, 0.1) is 0 Å². The minimum absolute atomic E-state index is 0.0480. The van der Waals surface area contributed by atoms with Crippen LogP contribution in [-0.2, 0) is 11.3 Å². The molecule has 0 radical (unpaired) electrons. The molecular weight excluding hydrogens is 168 g/mol. The number of carbonyl (C=O) groups is 1. The Morgan fingerprint density at radius 3 is 3.08 bits per heavy atom. The number of nitrogens with zero attached hydrogens (tertiary/aromatic N) is 2. The molecule has 5 nitrogen and oxygen atoms in total. The average molecular weight is 180 g/mol. The molecule has 1 rings (SSSR count). The van der Waals surface area contributed by atoms with Crippen molar-refractivity contribution >= 4 is 5.91 Å². The fourth-order valence-electron chi connectivity index (χ4n) is 0.840. The molecule has 0 saturated heterocycles. The number of hydrogen-bond donors (Lipinski definition) is 2. The molecule has 0 aliphatic carbocycles. The minimum Gasteiger partial charge on any atom is -0.349 e. The minimum atomic E-state index is -0.0480. The van der Waals surface area contributed by atoms with Crippen molar-refractivity contribution < 1.29 is 4.79 Å². The van der Waals surface area contributed by atoms with Gasteiger partial charge in [-0.2, -0.15) is 10.2 Å². The quantitative estimate of drug-likeness (QED) is 0.643. The molecule has 0 bridgehead atoms. The summed E-state index contributed by atoms with van der Waals surface area (Å²) in [6.07, 6.45) is 1.60. The third-order valence-electron chi connectivity index (χ3n) is 1.43. The number of likely N-dealkylation sites (N-methyl/N-ethyl adjacent to an activating group) is 1. The van der Waals surface area contributed by atoms with Gasteiger partial charge in [-0.3, -0.25) is 4.79 Å². The molecule has 1 amide bonds. The molecule has 0 saturated carbocycles. The average Bonchev–Trinajstić information content (AvgIpc) is 2.17. The number of nitrogens with one attached hydrogen (secondary N) is 2. The van der Waals surface area contributed by atoms with Crippen LogP contribution in [0.5, 0.6) is 0 Å². The summed E-state index contributed by atoms with van der Waals surface area (Å²) < 4.78 is 0. The first-order valence-corrected chi connectivity index (χ1v) is 4.01. The van der Waals surface area contributed by atoms with Crippen LogP contribution in [0.1, 0.15) is 5.69 Å². The van der Waals surface area contributed by atoms with Crippen LogP contribution in [0.4, 0.5) is 0 Å². The van der Waals surface area contributed by atoms with Crippen LogP contribution in [0.2, 0.25) is 0 Å². The van der Waals surface area contributed by atoms with Crippen LogP contribution in [0.15, 0.2) is 18.3 Å². The van der Waals surface area contributed by atoms with E-state index in [-0.39, 0.29) is 5.91 Å². The van der Waals surface area contributed by atoms with Crippen LogP contribution in [-0.4, -0.2) is 29.7 Å². The van der Waals surface area contributed by atoms with E-state index in [1.807, 2.05) is 6.07 Å². The van der Waals surface area contributed by atoms with Gasteiger partial charge in [0.2, 0.25) is 5.91 Å². The summed E-state index contributed by atoms with van der Waals surface area (Å²) >= 11 is 0. The maximum atomic E-state index is 11.0. The van der Waals surface area contributed by atoms with Crippen molar-refractivity contribution in [3.05, 3.63) is 24.0 Å². The molecular formula is C8H12N4O. The first-order chi connectivity index (χ1) is 6.33. The van der Waals surface area contributed by atoms with Crippen molar-refractivity contribution in [1.82, 2.24) is 20.8 Å². The number of hydrogen-bond acceptors (Lipinski definition) is 4. The zero-order valence-corrected chi connectivity index (χ0v) is 7.45. The molecule has 0 spiro atoms. The van der Waals surface area contributed by atoms with Gasteiger partial charge in [0.15, 0.2) is 0 Å². The lowest BCUT2D eigenvalue weighted by Crippen LogP contribution is -2.31. The maximum absolute atomic E-state index is 11.0. The Bertz CT molecular complexity index is 262. The lowest BCUT2D eigenvalue weighted by Gasteiger charge is -2.02. The van der Waals surface area contributed by atoms with Gasteiger partial charge in [-0.05, 0) is 19.2 Å². The number of carbonyl (C=O) groups excluding carboxylic acids is 1. The summed E-state index contributed by atoms with van der Waals surface area (Å²) in [5.74, 6) is -0.0480. The Balaban J connectivity index is 2.31. The first-order valence-electron chi connectivity index (χ1n) is 4.01. The van der Waals surface area contributed by atoms with E-state index in [1.54, 1.807) is 19.3 Å². The topological polar surface area (TPSA) is 66.9 Å². The lowest BCUT2D eigenvalue weighted by molar-refractivity contribution is -0.120. The Kier molecular flexibility index (Phi) is 3.84. The van der Waals surface area contributed by atoms with Crippen LogP contribution in [0.25, 0.3) is 0 Å². The van der Waals surface area contributed by atoms with E-state index < -0.39 is 0 Å². The molecule has 0 aliphatic heterocycles. The van der Waals surface area contributed by atoms with Gasteiger partial charge in [0.1, 0.15) is 0 Å². The van der Waals surface area contributed by atoms with Crippen molar-refractivity contribution in [2.24, 2.45) is 0 Å². The van der Waals surface area contributed by atoms with Crippen molar-refractivity contribution in [3.63, 3.8) is 0 Å². The second-order valence-electron chi connectivity index (χ2n) is 2.52. The molecule has 0 aliphatic rings. The molecule has 2 N–H and O–H groups in total. The zero-order chi connectivity index (χ0) is 9.52. The van der Waals surface area contributed by atoms with Gasteiger partial charge >= 0.3 is 0 Å². The van der Waals surface area contributed by atoms with Crippen LogP contribution in [0.3, 0.4) is 0 Å². The third-order valence-corrected chi connectivity index (χ3v) is 1.43. The van der Waals surface area contributed by atoms with Gasteiger partial charge in [-0.1, -0.05) is 0 Å². The molecule has 5 heteroatoms. The highest BCUT2D eigenvalue weighted by Gasteiger charge is 1.98. The number of amides is 1. The highest BCUT2D eigenvalue weighted by atomic mass is 16.1. The molecule has 1 aromatic rings. The fourth-order valence-corrected chi connectivity index (χ4v) is 0.840. The molecule has 0 fully saturated rings. The monoisotopic (exact) mass is 180 g/mol. The van der Waals surface area contributed by atoms with Gasteiger partial charge in [0, 0.05) is 6.20 Å². The predicted octanol–water partition coefficient (Wildman–Crippen LogP) is -0.688. The van der Waals surface area contributed by atoms with E-state index in [2.05, 4.69) is 20.8 Å². The Labute approximate surface area is 76.6 Å². The highest BCUT2D eigenvalue weighted by molar-refractivity contribution is 5.77. The second-order valence-corrected chi connectivity index (χ2v) is 2.52. The van der Waals surface area contributed by atoms with E-state index in [4.69, 9.17) is 0 Å². The third kappa shape index (κ3) is 3.62. The van der Waals surface area contributed by atoms with Crippen molar-refractivity contribution in [3.8, 4) is 0 Å². The predicted molar refractivity (Wildman–Crippen MR) is 47.8 cm³/mol. The summed E-state index contributed by atoms with van der Waals surface area (Å²) in [7, 11) is 1.72. The largest absolute Gasteiger partial charge is 0.349 e. The standard InChI is InChI=1S/C8H12N4O/c1-9-6-8(13)10-5-7-3-2-4-11-12-7/h2-4,9H,5-6H2,1H3,(H,10,13). The summed E-state index contributed by atoms with van der Waals surface area (Å²) in [4.78, 5) is 11.0. The van der Waals surface area contributed by atoms with E-state index in [0.717, 1.165) is 5.69 Å². The molecule has 0 aromatic carbocycles. The highest BCUT2D eigenvalue weighted by Crippen LogP contribution is 1.88. The van der Waals surface area contributed by atoms with E-state index in [0.29, 0.717) is 13.1 Å². The van der Waals surface area contributed by atoms with E-state index in [9.17, 15) is 4.79 Å². The summed E-state index contributed by atoms with van der Waals surface area (Å²) in [5.41, 5.74) is 0.756. The summed E-state index contributed by atoms with van der Waals surface area (Å²) in [6, 6.07) is 3.60. The van der Waals surface area contributed by atoms with E-state index >= 15 is 0 Å². The molecule has 0 unspecified atom stereocenters. The van der Waals surface area contributed by atoms with Crippen LogP contribution < -0.4 is 10.6 Å². The fraction of sp³-hybridized carbons (Fsp3) is 0.375. The van der Waals surface area contributed by atoms with Gasteiger partial charge in [0.25, 0.3) is 0 Å². The van der Waals surface area contributed by atoms with E-state index in [1.165, 1.54) is 0 Å². The van der Waals surface area contributed by atoms with Gasteiger partial charge in [-0.15, -0.1) is 0 Å². The van der Waals surface area contributed by atoms with Crippen molar-refractivity contribution in [1.29, 1.82) is 0 Å². The first kappa shape index (κ1) is 9.60. The second kappa shape index (κ2) is 5.21. The lowest BCUT2D eigenvalue weighted by atomic mass is 10.4. The van der Waals surface area contributed by atoms with Gasteiger partial charge in [0.05, 0.1) is 18.8 Å². The molecule has 70 valence electrons. The number of rotatable bonds is 4. The Morgan fingerprint density at radius 2 is 2.46 bits per heavy atom. The SMILES string of the molecule is CNCC(=O)NCc1cccnn1. The van der Waals surface area contributed by atoms with Gasteiger partial charge < -0.3 is 10.6 Å². The van der Waals surface area contributed by atoms with Crippen molar-refractivity contribution in [2.45, 2.75) is 6.54 Å². The molecule has 13 heavy (non-hydrogen) atoms. The smallest absolute Gasteiger partial charge is 0.234 e. The Morgan fingerprint density at radius 1 is 1.62 bits per heavy atom. The summed E-state index contributed by atoms with van der Waals surface area (Å²) in [6.45, 7) is 0.745. The molecule has 1 aromatic heterocycles. The molecule has 0 atom stereocenters. The zero-order valence-electron chi connectivity index (χ0n) is 7.45. The van der Waals surface area contributed by atoms with Crippen LogP contribution >= 0.6 is 0 Å². The molecule has 1 heterocycles. The van der Waals surface area contributed by atoms with Crippen molar-refractivity contribution in [2.75, 3.05) is 13.6 Å².